The fourth-order valence-electron chi connectivity index (χ4n) is 3.23. The highest BCUT2D eigenvalue weighted by atomic mass is 35.5. The minimum Gasteiger partial charge on any atom is -0.338 e. The average molecular weight is 424 g/mol. The van der Waals surface area contributed by atoms with E-state index in [1.54, 1.807) is 41.3 Å². The largest absolute Gasteiger partial charge is 0.338 e. The molecule has 0 saturated carbocycles. The van der Waals surface area contributed by atoms with Crippen LogP contribution in [0.3, 0.4) is 0 Å². The predicted octanol–water partition coefficient (Wildman–Crippen LogP) is 3.11. The number of halogens is 1. The van der Waals surface area contributed by atoms with E-state index in [2.05, 4.69) is 18.6 Å². The number of para-hydroxylation sites is 1. The number of nitrogens with zero attached hydrogens (tertiary/aromatic N) is 1. The van der Waals surface area contributed by atoms with Gasteiger partial charge in [-0.3, -0.25) is 9.52 Å². The van der Waals surface area contributed by atoms with Gasteiger partial charge in [0, 0.05) is 30.4 Å². The molecule has 1 aliphatic heterocycles. The van der Waals surface area contributed by atoms with Gasteiger partial charge >= 0.3 is 0 Å². The number of benzene rings is 2. The van der Waals surface area contributed by atoms with E-state index in [0.717, 1.165) is 6.42 Å². The molecule has 0 bridgehead atoms. The molecule has 0 radical (unpaired) electrons. The second-order valence-corrected chi connectivity index (χ2v) is 9.29. The van der Waals surface area contributed by atoms with Crippen molar-refractivity contribution in [2.24, 2.45) is 11.1 Å². The average Bonchev–Trinajstić information content (AvgIpc) is 2.64. The summed E-state index contributed by atoms with van der Waals surface area (Å²) in [5.41, 5.74) is 6.95. The molecule has 1 heterocycles. The maximum atomic E-state index is 12.8. The standard InChI is InChI=1S/C20H25N3O3S.ClH/c1-20(2)14-23(13-12-18(20)21)19(24)15-8-10-17(11-9-15)27(25,26)22-16-6-4-3-5-7-16;/h3-11,18,22H,12-14,21H2,1-2H3;1H. The van der Waals surface area contributed by atoms with Crippen molar-refractivity contribution >= 4 is 34.0 Å². The monoisotopic (exact) mass is 423 g/mol. The summed E-state index contributed by atoms with van der Waals surface area (Å²) in [6.07, 6.45) is 0.756. The molecule has 1 aliphatic rings. The summed E-state index contributed by atoms with van der Waals surface area (Å²) in [6, 6.07) is 14.8. The Kier molecular flexibility index (Phi) is 6.75. The van der Waals surface area contributed by atoms with E-state index in [0.29, 0.717) is 24.3 Å². The Morgan fingerprint density at radius 2 is 1.71 bits per heavy atom. The lowest BCUT2D eigenvalue weighted by Crippen LogP contribution is -2.53. The van der Waals surface area contributed by atoms with Crippen molar-refractivity contribution in [2.45, 2.75) is 31.2 Å². The van der Waals surface area contributed by atoms with Crippen molar-refractivity contribution in [1.82, 2.24) is 4.90 Å². The van der Waals surface area contributed by atoms with Gasteiger partial charge in [0.2, 0.25) is 0 Å². The number of amides is 1. The van der Waals surface area contributed by atoms with Crippen LogP contribution >= 0.6 is 12.4 Å². The number of carbonyl (C=O) groups is 1. The van der Waals surface area contributed by atoms with Gasteiger partial charge in [0.25, 0.3) is 15.9 Å². The fourth-order valence-corrected chi connectivity index (χ4v) is 4.29. The first-order chi connectivity index (χ1) is 12.7. The summed E-state index contributed by atoms with van der Waals surface area (Å²) in [7, 11) is -3.70. The van der Waals surface area contributed by atoms with E-state index in [1.807, 2.05) is 6.07 Å². The van der Waals surface area contributed by atoms with Crippen LogP contribution in [0.2, 0.25) is 0 Å². The molecule has 0 aromatic heterocycles. The molecule has 1 atom stereocenters. The van der Waals surface area contributed by atoms with Crippen LogP contribution in [-0.4, -0.2) is 38.4 Å². The van der Waals surface area contributed by atoms with E-state index in [4.69, 9.17) is 5.73 Å². The Morgan fingerprint density at radius 3 is 2.29 bits per heavy atom. The number of piperidine rings is 1. The third kappa shape index (κ3) is 4.84. The Labute approximate surface area is 172 Å². The van der Waals surface area contributed by atoms with Gasteiger partial charge in [-0.05, 0) is 48.2 Å². The first-order valence-electron chi connectivity index (χ1n) is 8.92. The van der Waals surface area contributed by atoms with Gasteiger partial charge in [-0.15, -0.1) is 12.4 Å². The van der Waals surface area contributed by atoms with Crippen LogP contribution in [0.15, 0.2) is 59.5 Å². The van der Waals surface area contributed by atoms with Gasteiger partial charge in [0.05, 0.1) is 4.90 Å². The summed E-state index contributed by atoms with van der Waals surface area (Å²) in [5.74, 6) is -0.102. The van der Waals surface area contributed by atoms with E-state index < -0.39 is 10.0 Å². The van der Waals surface area contributed by atoms with Crippen LogP contribution in [0.5, 0.6) is 0 Å². The topological polar surface area (TPSA) is 92.5 Å². The molecule has 1 fully saturated rings. The lowest BCUT2D eigenvalue weighted by Gasteiger charge is -2.42. The molecule has 8 heteroatoms. The first kappa shape index (κ1) is 22.2. The molecule has 1 amide bonds. The Morgan fingerprint density at radius 1 is 1.11 bits per heavy atom. The maximum Gasteiger partial charge on any atom is 0.261 e. The molecule has 0 aliphatic carbocycles. The highest BCUT2D eigenvalue weighted by Gasteiger charge is 2.35. The molecule has 2 aromatic rings. The Balaban J connectivity index is 0.00000280. The number of nitrogens with two attached hydrogens (primary N) is 1. The van der Waals surface area contributed by atoms with Gasteiger partial charge in [0.15, 0.2) is 0 Å². The molecular weight excluding hydrogens is 398 g/mol. The molecular formula is C20H26ClN3O3S. The lowest BCUT2D eigenvalue weighted by atomic mass is 9.79. The summed E-state index contributed by atoms with van der Waals surface area (Å²) >= 11 is 0. The number of anilines is 1. The van der Waals surface area contributed by atoms with Crippen LogP contribution in [0.1, 0.15) is 30.6 Å². The van der Waals surface area contributed by atoms with Crippen molar-refractivity contribution in [2.75, 3.05) is 17.8 Å². The minimum atomic E-state index is -3.70. The molecule has 28 heavy (non-hydrogen) atoms. The summed E-state index contributed by atoms with van der Waals surface area (Å²) < 4.78 is 27.5. The highest BCUT2D eigenvalue weighted by molar-refractivity contribution is 7.92. The summed E-state index contributed by atoms with van der Waals surface area (Å²) in [5, 5.41) is 0. The summed E-state index contributed by atoms with van der Waals surface area (Å²) in [4.78, 5) is 14.7. The highest BCUT2D eigenvalue weighted by Crippen LogP contribution is 2.28. The normalized spacial score (nSPS) is 18.8. The Bertz CT molecular complexity index is 915. The summed E-state index contributed by atoms with van der Waals surface area (Å²) in [6.45, 7) is 5.31. The van der Waals surface area contributed by atoms with Crippen molar-refractivity contribution < 1.29 is 13.2 Å². The number of hydrogen-bond donors (Lipinski definition) is 2. The number of rotatable bonds is 4. The number of hydrogen-bond acceptors (Lipinski definition) is 4. The molecule has 6 nitrogen and oxygen atoms in total. The van der Waals surface area contributed by atoms with E-state index in [9.17, 15) is 13.2 Å². The van der Waals surface area contributed by atoms with Gasteiger partial charge in [0.1, 0.15) is 0 Å². The molecule has 1 unspecified atom stereocenters. The first-order valence-corrected chi connectivity index (χ1v) is 10.4. The van der Waals surface area contributed by atoms with Crippen molar-refractivity contribution in [1.29, 1.82) is 0 Å². The van der Waals surface area contributed by atoms with Gasteiger partial charge in [-0.25, -0.2) is 8.42 Å². The zero-order chi connectivity index (χ0) is 19.7. The van der Waals surface area contributed by atoms with Crippen molar-refractivity contribution in [3.05, 3.63) is 60.2 Å². The molecule has 2 aromatic carbocycles. The third-order valence-corrected chi connectivity index (χ3v) is 6.43. The molecule has 152 valence electrons. The van der Waals surface area contributed by atoms with Crippen LogP contribution < -0.4 is 10.5 Å². The van der Waals surface area contributed by atoms with E-state index >= 15 is 0 Å². The van der Waals surface area contributed by atoms with Crippen LogP contribution in [-0.2, 0) is 10.0 Å². The van der Waals surface area contributed by atoms with Crippen LogP contribution in [0.4, 0.5) is 5.69 Å². The minimum absolute atomic E-state index is 0. The zero-order valence-electron chi connectivity index (χ0n) is 16.0. The van der Waals surface area contributed by atoms with Crippen LogP contribution in [0, 0.1) is 5.41 Å². The molecule has 3 rings (SSSR count). The second kappa shape index (κ2) is 8.51. The van der Waals surface area contributed by atoms with E-state index in [1.165, 1.54) is 12.1 Å². The molecule has 3 N–H and O–H groups in total. The van der Waals surface area contributed by atoms with E-state index in [-0.39, 0.29) is 34.7 Å². The predicted molar refractivity (Wildman–Crippen MR) is 113 cm³/mol. The number of sulfonamides is 1. The second-order valence-electron chi connectivity index (χ2n) is 7.61. The smallest absolute Gasteiger partial charge is 0.261 e. The lowest BCUT2D eigenvalue weighted by molar-refractivity contribution is 0.0533. The van der Waals surface area contributed by atoms with Gasteiger partial charge < -0.3 is 10.6 Å². The maximum absolute atomic E-state index is 12.8. The zero-order valence-corrected chi connectivity index (χ0v) is 17.6. The molecule has 0 spiro atoms. The van der Waals surface area contributed by atoms with Crippen LogP contribution in [0.25, 0.3) is 0 Å². The van der Waals surface area contributed by atoms with Gasteiger partial charge in [-0.1, -0.05) is 32.0 Å². The number of nitrogens with one attached hydrogen (secondary N) is 1. The van der Waals surface area contributed by atoms with Crippen molar-refractivity contribution in [3.8, 4) is 0 Å². The molecule has 1 saturated heterocycles. The third-order valence-electron chi connectivity index (χ3n) is 5.04. The Hall–Kier alpha value is -2.09. The quantitative estimate of drug-likeness (QED) is 0.790. The van der Waals surface area contributed by atoms with Crippen molar-refractivity contribution in [3.63, 3.8) is 0 Å². The number of carbonyl (C=O) groups excluding carboxylic acids is 1. The SMILES string of the molecule is CC1(C)CN(C(=O)c2ccc(S(=O)(=O)Nc3ccccc3)cc2)CCC1N.Cl. The number of likely N-dealkylation sites (tertiary alicyclic amines) is 1. The van der Waals surface area contributed by atoms with Gasteiger partial charge in [-0.2, -0.15) is 0 Å². The fraction of sp³-hybridized carbons (Fsp3) is 0.350.